The van der Waals surface area contributed by atoms with Crippen molar-refractivity contribution in [3.8, 4) is 0 Å². The van der Waals surface area contributed by atoms with Crippen LogP contribution >= 0.6 is 27.5 Å². The number of carbonyl (C=O) groups is 1. The van der Waals surface area contributed by atoms with Gasteiger partial charge in [-0.25, -0.2) is 0 Å². The van der Waals surface area contributed by atoms with Crippen molar-refractivity contribution in [1.82, 2.24) is 0 Å². The van der Waals surface area contributed by atoms with E-state index in [0.29, 0.717) is 11.4 Å². The zero-order chi connectivity index (χ0) is 15.2. The lowest BCUT2D eigenvalue weighted by Crippen LogP contribution is -2.12. The van der Waals surface area contributed by atoms with Gasteiger partial charge < -0.3 is 5.32 Å². The van der Waals surface area contributed by atoms with E-state index < -0.39 is 0 Å². The first-order valence-electron chi connectivity index (χ1n) is 6.82. The van der Waals surface area contributed by atoms with Crippen molar-refractivity contribution in [1.29, 1.82) is 0 Å². The summed E-state index contributed by atoms with van der Waals surface area (Å²) in [4.78, 5) is 12.3. The highest BCUT2D eigenvalue weighted by atomic mass is 79.9. The van der Waals surface area contributed by atoms with Crippen LogP contribution < -0.4 is 5.32 Å². The highest BCUT2D eigenvalue weighted by molar-refractivity contribution is 9.10. The SMILES string of the molecule is Cc1ccc(C(=O)Nc2cccc(CCCCl)c2)c(Br)c1. The number of nitrogens with one attached hydrogen (secondary N) is 1. The van der Waals surface area contributed by atoms with Crippen LogP contribution in [0.15, 0.2) is 46.9 Å². The van der Waals surface area contributed by atoms with E-state index in [2.05, 4.69) is 21.2 Å². The Labute approximate surface area is 138 Å². The molecular weight excluding hydrogens is 350 g/mol. The monoisotopic (exact) mass is 365 g/mol. The number of alkyl halides is 1. The van der Waals surface area contributed by atoms with Gasteiger partial charge in [0.25, 0.3) is 5.91 Å². The van der Waals surface area contributed by atoms with E-state index in [-0.39, 0.29) is 5.91 Å². The van der Waals surface area contributed by atoms with Crippen molar-refractivity contribution in [2.45, 2.75) is 19.8 Å². The Hall–Kier alpha value is -1.32. The number of rotatable bonds is 5. The van der Waals surface area contributed by atoms with Crippen LogP contribution in [-0.2, 0) is 6.42 Å². The van der Waals surface area contributed by atoms with Crippen LogP contribution in [0.4, 0.5) is 5.69 Å². The molecule has 0 aromatic heterocycles. The average molecular weight is 367 g/mol. The Morgan fingerprint density at radius 1 is 1.24 bits per heavy atom. The molecule has 4 heteroatoms. The molecule has 0 aliphatic carbocycles. The maximum absolute atomic E-state index is 12.3. The van der Waals surface area contributed by atoms with Gasteiger partial charge in [0.1, 0.15) is 0 Å². The number of halogens is 2. The second-order valence-electron chi connectivity index (χ2n) is 4.93. The fourth-order valence-electron chi connectivity index (χ4n) is 2.08. The molecule has 0 bridgehead atoms. The van der Waals surface area contributed by atoms with Crippen LogP contribution in [0.25, 0.3) is 0 Å². The normalized spacial score (nSPS) is 10.4. The quantitative estimate of drug-likeness (QED) is 0.726. The lowest BCUT2D eigenvalue weighted by atomic mass is 10.1. The van der Waals surface area contributed by atoms with E-state index in [1.54, 1.807) is 0 Å². The lowest BCUT2D eigenvalue weighted by molar-refractivity contribution is 0.102. The number of amides is 1. The van der Waals surface area contributed by atoms with Gasteiger partial charge in [0.15, 0.2) is 0 Å². The summed E-state index contributed by atoms with van der Waals surface area (Å²) in [6.07, 6.45) is 1.85. The van der Waals surface area contributed by atoms with Gasteiger partial charge in [0, 0.05) is 16.0 Å². The third-order valence-corrected chi connectivity index (χ3v) is 4.08. The van der Waals surface area contributed by atoms with Gasteiger partial charge >= 0.3 is 0 Å². The molecule has 0 saturated carbocycles. The molecule has 0 atom stereocenters. The smallest absolute Gasteiger partial charge is 0.256 e. The summed E-state index contributed by atoms with van der Waals surface area (Å²) < 4.78 is 0.804. The molecule has 2 rings (SSSR count). The highest BCUT2D eigenvalue weighted by Gasteiger charge is 2.10. The minimum Gasteiger partial charge on any atom is -0.322 e. The molecule has 110 valence electrons. The first-order valence-corrected chi connectivity index (χ1v) is 8.15. The van der Waals surface area contributed by atoms with E-state index in [9.17, 15) is 4.79 Å². The molecule has 1 N–H and O–H groups in total. The Bertz CT molecular complexity index is 642. The molecule has 0 saturated heterocycles. The molecule has 0 aliphatic rings. The molecule has 21 heavy (non-hydrogen) atoms. The highest BCUT2D eigenvalue weighted by Crippen LogP contribution is 2.20. The number of anilines is 1. The van der Waals surface area contributed by atoms with Crippen molar-refractivity contribution < 1.29 is 4.79 Å². The van der Waals surface area contributed by atoms with Crippen molar-refractivity contribution >= 4 is 39.1 Å². The Morgan fingerprint density at radius 3 is 2.76 bits per heavy atom. The van der Waals surface area contributed by atoms with E-state index in [0.717, 1.165) is 28.6 Å². The van der Waals surface area contributed by atoms with Gasteiger partial charge in [-0.1, -0.05) is 18.2 Å². The predicted molar refractivity (Wildman–Crippen MR) is 92.3 cm³/mol. The summed E-state index contributed by atoms with van der Waals surface area (Å²) >= 11 is 9.15. The van der Waals surface area contributed by atoms with Crippen LogP contribution in [0.5, 0.6) is 0 Å². The van der Waals surface area contributed by atoms with Gasteiger partial charge in [0.05, 0.1) is 5.56 Å². The van der Waals surface area contributed by atoms with Crippen molar-refractivity contribution in [2.24, 2.45) is 0 Å². The standard InChI is InChI=1S/C17H17BrClNO/c1-12-7-8-15(16(18)10-12)17(21)20-14-6-2-4-13(11-14)5-3-9-19/h2,4,6-8,10-11H,3,5,9H2,1H3,(H,20,21). The lowest BCUT2D eigenvalue weighted by Gasteiger charge is -2.09. The summed E-state index contributed by atoms with van der Waals surface area (Å²) in [5, 5.41) is 2.93. The molecular formula is C17H17BrClNO. The Balaban J connectivity index is 2.12. The predicted octanol–water partition coefficient (Wildman–Crippen LogP) is 5.18. The zero-order valence-corrected chi connectivity index (χ0v) is 14.2. The summed E-state index contributed by atoms with van der Waals surface area (Å²) in [6.45, 7) is 1.99. The van der Waals surface area contributed by atoms with Crippen LogP contribution in [0.2, 0.25) is 0 Å². The number of benzene rings is 2. The topological polar surface area (TPSA) is 29.1 Å². The first-order chi connectivity index (χ1) is 10.1. The molecule has 1 amide bonds. The molecule has 2 nitrogen and oxygen atoms in total. The van der Waals surface area contributed by atoms with Gasteiger partial charge in [-0.05, 0) is 71.1 Å². The minimum absolute atomic E-state index is 0.114. The molecule has 2 aromatic carbocycles. The minimum atomic E-state index is -0.114. The van der Waals surface area contributed by atoms with Crippen LogP contribution in [0.1, 0.15) is 27.9 Å². The fraction of sp³-hybridized carbons (Fsp3) is 0.235. The van der Waals surface area contributed by atoms with E-state index >= 15 is 0 Å². The van der Waals surface area contributed by atoms with Gasteiger partial charge in [0.2, 0.25) is 0 Å². The molecule has 0 spiro atoms. The van der Waals surface area contributed by atoms with Crippen molar-refractivity contribution in [3.63, 3.8) is 0 Å². The maximum atomic E-state index is 12.3. The number of hydrogen-bond acceptors (Lipinski definition) is 1. The van der Waals surface area contributed by atoms with Crippen molar-refractivity contribution in [3.05, 3.63) is 63.6 Å². The number of carbonyl (C=O) groups excluding carboxylic acids is 1. The largest absolute Gasteiger partial charge is 0.322 e. The molecule has 0 unspecified atom stereocenters. The van der Waals surface area contributed by atoms with Crippen LogP contribution in [0.3, 0.4) is 0 Å². The maximum Gasteiger partial charge on any atom is 0.256 e. The average Bonchev–Trinajstić information content (AvgIpc) is 2.45. The third-order valence-electron chi connectivity index (χ3n) is 3.15. The Morgan fingerprint density at radius 2 is 2.05 bits per heavy atom. The number of hydrogen-bond donors (Lipinski definition) is 1. The fourth-order valence-corrected chi connectivity index (χ4v) is 2.89. The third kappa shape index (κ3) is 4.58. The van der Waals surface area contributed by atoms with Crippen LogP contribution in [-0.4, -0.2) is 11.8 Å². The van der Waals surface area contributed by atoms with Gasteiger partial charge in [-0.15, -0.1) is 11.6 Å². The van der Waals surface area contributed by atoms with Gasteiger partial charge in [-0.3, -0.25) is 4.79 Å². The second kappa shape index (κ2) is 7.62. The zero-order valence-electron chi connectivity index (χ0n) is 11.8. The summed E-state index contributed by atoms with van der Waals surface area (Å²) in [5.74, 6) is 0.531. The molecule has 0 fully saturated rings. The Kier molecular flexibility index (Phi) is 5.83. The van der Waals surface area contributed by atoms with E-state index in [4.69, 9.17) is 11.6 Å². The van der Waals surface area contributed by atoms with E-state index in [1.165, 1.54) is 5.56 Å². The van der Waals surface area contributed by atoms with Crippen LogP contribution in [0, 0.1) is 6.92 Å². The molecule has 0 aliphatic heterocycles. The molecule has 0 radical (unpaired) electrons. The second-order valence-corrected chi connectivity index (χ2v) is 6.16. The van der Waals surface area contributed by atoms with E-state index in [1.807, 2.05) is 49.4 Å². The van der Waals surface area contributed by atoms with Crippen molar-refractivity contribution in [2.75, 3.05) is 11.2 Å². The first kappa shape index (κ1) is 16.1. The molecule has 2 aromatic rings. The number of aryl methyl sites for hydroxylation is 2. The van der Waals surface area contributed by atoms with Gasteiger partial charge in [-0.2, -0.15) is 0 Å². The summed E-state index contributed by atoms with van der Waals surface area (Å²) in [7, 11) is 0. The summed E-state index contributed by atoms with van der Waals surface area (Å²) in [6, 6.07) is 13.6. The molecule has 0 heterocycles. The summed E-state index contributed by atoms with van der Waals surface area (Å²) in [5.41, 5.74) is 3.73.